The molecule has 0 radical (unpaired) electrons. The van der Waals surface area contributed by atoms with Crippen molar-refractivity contribution in [3.05, 3.63) is 58.0 Å². The third-order valence-electron chi connectivity index (χ3n) is 8.05. The molecule has 3 atom stereocenters. The fraction of sp³-hybridized carbons (Fsp3) is 0.618. The molecule has 2 heterocycles. The largest absolute Gasteiger partial charge is 0.461 e. The minimum Gasteiger partial charge on any atom is -0.461 e. The molecule has 238 valence electrons. The van der Waals surface area contributed by atoms with Crippen molar-refractivity contribution in [2.45, 2.75) is 117 Å². The first-order chi connectivity index (χ1) is 20.5. The fourth-order valence-electron chi connectivity index (χ4n) is 6.17. The van der Waals surface area contributed by atoms with Gasteiger partial charge in [-0.25, -0.2) is 9.69 Å². The van der Waals surface area contributed by atoms with E-state index >= 15 is 0 Å². The maximum Gasteiger partial charge on any atom is 0.417 e. The van der Waals surface area contributed by atoms with Crippen LogP contribution < -0.4 is 0 Å². The molecule has 0 spiro atoms. The topological polar surface area (TPSA) is 106 Å². The van der Waals surface area contributed by atoms with Gasteiger partial charge in [0.15, 0.2) is 6.10 Å². The number of esters is 1. The lowest BCUT2D eigenvalue weighted by Gasteiger charge is -2.34. The molecule has 1 aromatic carbocycles. The van der Waals surface area contributed by atoms with Crippen LogP contribution in [0.3, 0.4) is 0 Å². The monoisotopic (exact) mass is 661 g/mol. The number of halogens is 1. The molecule has 3 rings (SSSR count). The van der Waals surface area contributed by atoms with E-state index in [-0.39, 0.29) is 18.9 Å². The van der Waals surface area contributed by atoms with E-state index in [1.54, 1.807) is 6.07 Å². The van der Waals surface area contributed by atoms with Crippen molar-refractivity contribution < 1.29 is 33.4 Å². The van der Waals surface area contributed by atoms with Crippen LogP contribution in [0.4, 0.5) is 4.79 Å². The molecule has 9 heteroatoms. The molecule has 8 nitrogen and oxygen atoms in total. The number of carbonyl (C=O) groups excluding carboxylic acids is 3. The highest BCUT2D eigenvalue weighted by Gasteiger charge is 2.54. The van der Waals surface area contributed by atoms with Crippen molar-refractivity contribution in [2.75, 3.05) is 6.61 Å². The third-order valence-corrected chi connectivity index (χ3v) is 8.72. The van der Waals surface area contributed by atoms with Crippen molar-refractivity contribution in [3.63, 3.8) is 0 Å². The van der Waals surface area contributed by atoms with Gasteiger partial charge >= 0.3 is 12.1 Å². The maximum absolute atomic E-state index is 14.4. The number of ether oxygens (including phenoxy) is 2. The van der Waals surface area contributed by atoms with Gasteiger partial charge in [0.05, 0.1) is 16.4 Å². The Bertz CT molecular complexity index is 1190. The van der Waals surface area contributed by atoms with Gasteiger partial charge in [-0.05, 0) is 66.6 Å². The third kappa shape index (κ3) is 9.67. The second kappa shape index (κ2) is 16.4. The Kier molecular flexibility index (Phi) is 13.3. The summed E-state index contributed by atoms with van der Waals surface area (Å²) in [6.07, 6.45) is 7.79. The van der Waals surface area contributed by atoms with Crippen LogP contribution in [0, 0.1) is 11.8 Å². The van der Waals surface area contributed by atoms with Crippen molar-refractivity contribution >= 4 is 33.9 Å². The van der Waals surface area contributed by atoms with Crippen LogP contribution in [0.25, 0.3) is 0 Å². The van der Waals surface area contributed by atoms with Gasteiger partial charge in [0.1, 0.15) is 17.1 Å². The molecule has 43 heavy (non-hydrogen) atoms. The summed E-state index contributed by atoms with van der Waals surface area (Å²) in [4.78, 5) is 41.1. The molecule has 1 N–H and O–H groups in total. The first-order valence-electron chi connectivity index (χ1n) is 15.6. The van der Waals surface area contributed by atoms with E-state index < -0.39 is 41.6 Å². The molecule has 1 saturated heterocycles. The van der Waals surface area contributed by atoms with E-state index in [1.165, 1.54) is 24.7 Å². The molecule has 0 aliphatic carbocycles. The lowest BCUT2D eigenvalue weighted by Crippen LogP contribution is -2.51. The van der Waals surface area contributed by atoms with Crippen LogP contribution in [-0.2, 0) is 31.9 Å². The van der Waals surface area contributed by atoms with E-state index in [0.29, 0.717) is 12.2 Å². The normalized spacial score (nSPS) is 17.6. The number of imide groups is 1. The van der Waals surface area contributed by atoms with Crippen molar-refractivity contribution in [1.29, 1.82) is 0 Å². The molecule has 0 bridgehead atoms. The smallest absolute Gasteiger partial charge is 0.417 e. The van der Waals surface area contributed by atoms with E-state index in [4.69, 9.17) is 19.0 Å². The molecule has 1 aromatic heterocycles. The number of aliphatic hydroxyl groups excluding tert-OH is 1. The number of aryl methyl sites for hydroxylation is 1. The summed E-state index contributed by atoms with van der Waals surface area (Å²) in [5.74, 6) is -0.886. The Balaban J connectivity index is 1.85. The van der Waals surface area contributed by atoms with Crippen molar-refractivity contribution in [2.24, 2.45) is 11.8 Å². The van der Waals surface area contributed by atoms with Gasteiger partial charge in [0, 0.05) is 20.0 Å². The van der Waals surface area contributed by atoms with Crippen LogP contribution in [0.5, 0.6) is 0 Å². The van der Waals surface area contributed by atoms with Gasteiger partial charge in [0.25, 0.3) is 0 Å². The van der Waals surface area contributed by atoms with E-state index in [1.807, 2.05) is 58.0 Å². The summed E-state index contributed by atoms with van der Waals surface area (Å²) in [6.45, 7) is 9.11. The van der Waals surface area contributed by atoms with E-state index in [2.05, 4.69) is 15.9 Å². The fourth-order valence-corrected chi connectivity index (χ4v) is 6.67. The Labute approximate surface area is 264 Å². The highest BCUT2D eigenvalue weighted by atomic mass is 79.9. The van der Waals surface area contributed by atoms with E-state index in [9.17, 15) is 14.4 Å². The quantitative estimate of drug-likeness (QED) is 0.135. The van der Waals surface area contributed by atoms with Crippen LogP contribution in [0.1, 0.15) is 109 Å². The van der Waals surface area contributed by atoms with Gasteiger partial charge in [-0.2, -0.15) is 0 Å². The van der Waals surface area contributed by atoms with Gasteiger partial charge in [-0.15, -0.1) is 0 Å². The predicted octanol–water partition coefficient (Wildman–Crippen LogP) is 7.94. The van der Waals surface area contributed by atoms with Crippen molar-refractivity contribution in [3.8, 4) is 0 Å². The Morgan fingerprint density at radius 2 is 1.63 bits per heavy atom. The molecule has 1 aliphatic rings. The number of carbonyl (C=O) groups is 3. The number of amides is 2. The lowest BCUT2D eigenvalue weighted by atomic mass is 9.86. The number of furan rings is 1. The average molecular weight is 663 g/mol. The Morgan fingerprint density at radius 3 is 2.21 bits per heavy atom. The maximum atomic E-state index is 14.4. The molecule has 0 unspecified atom stereocenters. The average Bonchev–Trinajstić information content (AvgIpc) is 3.43. The first-order valence-corrected chi connectivity index (χ1v) is 16.4. The number of hydrogen-bond donors (Lipinski definition) is 1. The molecule has 1 fully saturated rings. The Morgan fingerprint density at radius 1 is 1.02 bits per heavy atom. The second-order valence-corrected chi connectivity index (χ2v) is 13.3. The summed E-state index contributed by atoms with van der Waals surface area (Å²) in [5.41, 5.74) is 0.00301. The number of cyclic esters (lactones) is 1. The zero-order valence-electron chi connectivity index (χ0n) is 26.3. The number of benzene rings is 1. The molecule has 1 aliphatic heterocycles. The van der Waals surface area contributed by atoms with Gasteiger partial charge in [-0.1, -0.05) is 82.7 Å². The zero-order valence-corrected chi connectivity index (χ0v) is 27.9. The van der Waals surface area contributed by atoms with Crippen LogP contribution in [-0.4, -0.2) is 46.2 Å². The van der Waals surface area contributed by atoms with Crippen LogP contribution in [0.2, 0.25) is 0 Å². The predicted molar refractivity (Wildman–Crippen MR) is 168 cm³/mol. The summed E-state index contributed by atoms with van der Waals surface area (Å²) in [6, 6.07) is 10.8. The molecule has 0 saturated carbocycles. The molecule has 2 aromatic rings. The zero-order chi connectivity index (χ0) is 31.6. The number of rotatable bonds is 17. The minimum absolute atomic E-state index is 0.0557. The SMILES string of the molecule is CC(=O)O[C@H](c1cc(Br)c(CCCCCCCCCCO)o1)[C@H](Cc1ccccc1)C(=O)N1C(=O)OC(C)(C)[C@@H]1C(C)C. The van der Waals surface area contributed by atoms with Gasteiger partial charge < -0.3 is 19.0 Å². The van der Waals surface area contributed by atoms with Gasteiger partial charge in [0.2, 0.25) is 5.91 Å². The number of hydrogen-bond acceptors (Lipinski definition) is 7. The second-order valence-electron chi connectivity index (χ2n) is 12.4. The summed E-state index contributed by atoms with van der Waals surface area (Å²) in [7, 11) is 0. The van der Waals surface area contributed by atoms with Crippen molar-refractivity contribution in [1.82, 2.24) is 4.90 Å². The summed E-state index contributed by atoms with van der Waals surface area (Å²) < 4.78 is 18.5. The van der Waals surface area contributed by atoms with Gasteiger partial charge in [-0.3, -0.25) is 9.59 Å². The number of nitrogens with zero attached hydrogens (tertiary/aromatic N) is 1. The van der Waals surface area contributed by atoms with Crippen LogP contribution in [0.15, 0.2) is 45.3 Å². The summed E-state index contributed by atoms with van der Waals surface area (Å²) >= 11 is 3.62. The number of unbranched alkanes of at least 4 members (excludes halogenated alkanes) is 7. The lowest BCUT2D eigenvalue weighted by molar-refractivity contribution is -0.156. The standard InChI is InChI=1S/C34H48BrNO7/c1-23(2)31-34(4,5)43-33(40)36(31)32(39)26(21-25-17-13-12-14-18-25)30(41-24(3)38)29-22-27(35)28(42-29)19-15-10-8-6-7-9-11-16-20-37/h12-14,17-18,22-23,26,30-31,37H,6-11,15-16,19-21H2,1-5H3/t26-,30-,31-/m0/s1. The highest BCUT2D eigenvalue weighted by molar-refractivity contribution is 9.10. The van der Waals surface area contributed by atoms with E-state index in [0.717, 1.165) is 54.3 Å². The summed E-state index contributed by atoms with van der Waals surface area (Å²) in [5, 5.41) is 8.91. The molecular formula is C34H48BrNO7. The molecular weight excluding hydrogens is 614 g/mol. The minimum atomic E-state index is -1.04. The van der Waals surface area contributed by atoms with Crippen LogP contribution >= 0.6 is 15.9 Å². The first kappa shape index (κ1) is 34.8. The molecule has 2 amide bonds. The number of aliphatic hydroxyl groups is 1. The highest BCUT2D eigenvalue weighted by Crippen LogP contribution is 2.40. The Hall–Kier alpha value is -2.65.